The third kappa shape index (κ3) is 2.71. The predicted molar refractivity (Wildman–Crippen MR) is 96.1 cm³/mol. The summed E-state index contributed by atoms with van der Waals surface area (Å²) in [5.41, 5.74) is 4.32. The molecule has 3 aromatic rings. The van der Waals surface area contributed by atoms with Crippen LogP contribution in [0, 0.1) is 0 Å². The lowest BCUT2D eigenvalue weighted by atomic mass is 10.0. The van der Waals surface area contributed by atoms with Gasteiger partial charge >= 0.3 is 11.9 Å². The highest BCUT2D eigenvalue weighted by Gasteiger charge is 2.22. The molecule has 0 atom stereocenters. The average Bonchev–Trinajstić information content (AvgIpc) is 3.40. The maximum Gasteiger partial charge on any atom is 0.338 e. The van der Waals surface area contributed by atoms with E-state index in [0.29, 0.717) is 41.5 Å². The first-order chi connectivity index (χ1) is 13.2. The second-order valence-electron chi connectivity index (χ2n) is 6.33. The molecule has 3 heterocycles. The van der Waals surface area contributed by atoms with Crippen LogP contribution in [-0.2, 0) is 22.7 Å². The van der Waals surface area contributed by atoms with Gasteiger partial charge in [0.2, 0.25) is 0 Å². The summed E-state index contributed by atoms with van der Waals surface area (Å²) in [7, 11) is 0. The molecule has 0 fully saturated rings. The Morgan fingerprint density at radius 2 is 1.52 bits per heavy atom. The molecule has 0 spiro atoms. The van der Waals surface area contributed by atoms with E-state index in [1.165, 1.54) is 0 Å². The van der Waals surface area contributed by atoms with Crippen molar-refractivity contribution in [1.82, 2.24) is 0 Å². The van der Waals surface area contributed by atoms with Gasteiger partial charge in [-0.15, -0.1) is 0 Å². The van der Waals surface area contributed by atoms with Gasteiger partial charge in [-0.1, -0.05) is 18.2 Å². The molecule has 0 bridgehead atoms. The molecule has 0 saturated heterocycles. The molecule has 6 heteroatoms. The Balaban J connectivity index is 1.39. The van der Waals surface area contributed by atoms with Crippen molar-refractivity contribution in [1.29, 1.82) is 0 Å². The summed E-state index contributed by atoms with van der Waals surface area (Å²) in [5.74, 6) is 0.570. The predicted octanol–water partition coefficient (Wildman–Crippen LogP) is 4.04. The minimum Gasteiger partial charge on any atom is -0.457 e. The summed E-state index contributed by atoms with van der Waals surface area (Å²) in [5, 5.41) is 0. The average molecular weight is 359 g/mol. The van der Waals surface area contributed by atoms with Crippen molar-refractivity contribution in [3.05, 3.63) is 76.5 Å². The maximum atomic E-state index is 11.7. The monoisotopic (exact) mass is 359 g/mol. The molecule has 0 radical (unpaired) electrons. The molecule has 0 unspecified atom stereocenters. The lowest BCUT2D eigenvalue weighted by Gasteiger charge is -1.99. The number of benzene rings is 2. The van der Waals surface area contributed by atoms with E-state index in [9.17, 15) is 9.59 Å². The first-order valence-electron chi connectivity index (χ1n) is 8.42. The minimum atomic E-state index is -0.322. The second-order valence-corrected chi connectivity index (χ2v) is 6.33. The number of rotatable bonds is 3. The number of furan rings is 1. The lowest BCUT2D eigenvalue weighted by Crippen LogP contribution is -1.93. The van der Waals surface area contributed by atoms with Crippen molar-refractivity contribution in [3.63, 3.8) is 0 Å². The van der Waals surface area contributed by atoms with Crippen LogP contribution in [0.2, 0.25) is 0 Å². The number of cyclic esters (lactones) is 2. The Bertz CT molecular complexity index is 1130. The summed E-state index contributed by atoms with van der Waals surface area (Å²) >= 11 is 0. The van der Waals surface area contributed by atoms with Crippen molar-refractivity contribution in [2.75, 3.05) is 0 Å². The number of aliphatic imine (C=N–C) groups is 1. The maximum absolute atomic E-state index is 11.7. The van der Waals surface area contributed by atoms with Crippen LogP contribution in [0.15, 0.2) is 57.9 Å². The number of carbonyl (C=O) groups excluding carboxylic acids is 2. The minimum absolute atomic E-state index is 0.310. The fourth-order valence-corrected chi connectivity index (χ4v) is 3.16. The number of hydrogen-bond acceptors (Lipinski definition) is 6. The van der Waals surface area contributed by atoms with Gasteiger partial charge in [-0.05, 0) is 30.3 Å². The summed E-state index contributed by atoms with van der Waals surface area (Å²) in [6, 6.07) is 14.5. The van der Waals surface area contributed by atoms with E-state index in [1.807, 2.05) is 30.3 Å². The van der Waals surface area contributed by atoms with Crippen molar-refractivity contribution in [3.8, 4) is 11.3 Å². The SMILES string of the molecule is O=C1OCc2ccc(N=Cc3ccc(-c4ccc5c(c4)C(=O)OC5)o3)cc21. The van der Waals surface area contributed by atoms with E-state index in [0.717, 1.165) is 16.7 Å². The van der Waals surface area contributed by atoms with E-state index >= 15 is 0 Å². The van der Waals surface area contributed by atoms with Crippen LogP contribution < -0.4 is 0 Å². The van der Waals surface area contributed by atoms with Crippen LogP contribution in [-0.4, -0.2) is 18.2 Å². The molecule has 132 valence electrons. The molecular formula is C21H13NO5. The van der Waals surface area contributed by atoms with Gasteiger partial charge in [0.05, 0.1) is 23.0 Å². The summed E-state index contributed by atoms with van der Waals surface area (Å²) in [6.45, 7) is 0.632. The highest BCUT2D eigenvalue weighted by atomic mass is 16.5. The van der Waals surface area contributed by atoms with E-state index < -0.39 is 0 Å². The number of ether oxygens (including phenoxy) is 2. The zero-order valence-electron chi connectivity index (χ0n) is 14.1. The van der Waals surface area contributed by atoms with Crippen molar-refractivity contribution in [2.24, 2.45) is 4.99 Å². The topological polar surface area (TPSA) is 78.1 Å². The molecule has 0 aliphatic carbocycles. The second kappa shape index (κ2) is 5.95. The van der Waals surface area contributed by atoms with Gasteiger partial charge in [-0.25, -0.2) is 9.59 Å². The zero-order valence-corrected chi connectivity index (χ0v) is 14.1. The van der Waals surface area contributed by atoms with E-state index in [2.05, 4.69) is 4.99 Å². The first kappa shape index (κ1) is 15.6. The van der Waals surface area contributed by atoms with Gasteiger partial charge in [0.25, 0.3) is 0 Å². The Labute approximate surface area is 154 Å². The molecule has 6 nitrogen and oxygen atoms in total. The van der Waals surface area contributed by atoms with Gasteiger partial charge in [0.1, 0.15) is 24.7 Å². The number of nitrogens with zero attached hydrogens (tertiary/aromatic N) is 1. The van der Waals surface area contributed by atoms with E-state index in [-0.39, 0.29) is 11.9 Å². The Kier molecular flexibility index (Phi) is 3.43. The van der Waals surface area contributed by atoms with Gasteiger partial charge in [-0.3, -0.25) is 4.99 Å². The molecule has 1 aromatic heterocycles. The Morgan fingerprint density at radius 3 is 2.30 bits per heavy atom. The normalized spacial score (nSPS) is 15.0. The quantitative estimate of drug-likeness (QED) is 0.521. The number of carbonyl (C=O) groups is 2. The van der Waals surface area contributed by atoms with Crippen molar-refractivity contribution in [2.45, 2.75) is 13.2 Å². The summed E-state index contributed by atoms with van der Waals surface area (Å²) in [6.07, 6.45) is 1.59. The number of fused-ring (bicyclic) bond motifs is 2. The van der Waals surface area contributed by atoms with Gasteiger partial charge in [-0.2, -0.15) is 0 Å². The number of esters is 2. The third-order valence-electron chi connectivity index (χ3n) is 4.61. The zero-order chi connectivity index (χ0) is 18.4. The van der Waals surface area contributed by atoms with Crippen LogP contribution in [0.25, 0.3) is 11.3 Å². The highest BCUT2D eigenvalue weighted by Crippen LogP contribution is 2.28. The molecule has 2 aromatic carbocycles. The fourth-order valence-electron chi connectivity index (χ4n) is 3.16. The molecule has 0 saturated carbocycles. The Hall–Kier alpha value is -3.67. The van der Waals surface area contributed by atoms with Crippen molar-refractivity contribution >= 4 is 23.8 Å². The molecule has 2 aliphatic heterocycles. The largest absolute Gasteiger partial charge is 0.457 e. The van der Waals surface area contributed by atoms with Crippen LogP contribution in [0.4, 0.5) is 5.69 Å². The van der Waals surface area contributed by atoms with E-state index in [4.69, 9.17) is 13.9 Å². The van der Waals surface area contributed by atoms with E-state index in [1.54, 1.807) is 24.4 Å². The molecular weight excluding hydrogens is 346 g/mol. The first-order valence-corrected chi connectivity index (χ1v) is 8.42. The fraction of sp³-hybridized carbons (Fsp3) is 0.0952. The van der Waals surface area contributed by atoms with Gasteiger partial charge < -0.3 is 13.9 Å². The van der Waals surface area contributed by atoms with Crippen LogP contribution in [0.3, 0.4) is 0 Å². The summed E-state index contributed by atoms with van der Waals surface area (Å²) < 4.78 is 15.8. The molecule has 2 aliphatic rings. The smallest absolute Gasteiger partial charge is 0.338 e. The van der Waals surface area contributed by atoms with Crippen LogP contribution in [0.1, 0.15) is 37.6 Å². The molecule has 5 rings (SSSR count). The van der Waals surface area contributed by atoms with Crippen LogP contribution in [0.5, 0.6) is 0 Å². The Morgan fingerprint density at radius 1 is 0.815 bits per heavy atom. The standard InChI is InChI=1S/C21H13NO5/c23-20-17-7-12(1-2-13(17)10-25-20)19-6-5-16(27-19)9-22-15-4-3-14-11-26-21(24)18(14)8-15/h1-9H,10-11H2. The van der Waals surface area contributed by atoms with Gasteiger partial charge in [0.15, 0.2) is 0 Å². The molecule has 0 N–H and O–H groups in total. The number of hydrogen-bond donors (Lipinski definition) is 0. The molecule has 0 amide bonds. The van der Waals surface area contributed by atoms with Crippen molar-refractivity contribution < 1.29 is 23.5 Å². The molecule has 27 heavy (non-hydrogen) atoms. The van der Waals surface area contributed by atoms with Gasteiger partial charge in [0, 0.05) is 16.7 Å². The summed E-state index contributed by atoms with van der Waals surface area (Å²) in [4.78, 5) is 27.7. The lowest BCUT2D eigenvalue weighted by molar-refractivity contribution is 0.0526. The highest BCUT2D eigenvalue weighted by molar-refractivity contribution is 5.95. The third-order valence-corrected chi connectivity index (χ3v) is 4.61. The van der Waals surface area contributed by atoms with Crippen LogP contribution >= 0.6 is 0 Å².